The second-order valence-corrected chi connectivity index (χ2v) is 25.1. The zero-order chi connectivity index (χ0) is 64.4. The number of hydrogen-bond donors (Lipinski definition) is 2. The van der Waals surface area contributed by atoms with Crippen molar-refractivity contribution in [3.8, 4) is 0 Å². The smallest absolute Gasteiger partial charge is 0.462 e. The molecular weight excluding hydrogens is 1120 g/mol. The van der Waals surface area contributed by atoms with E-state index in [0.29, 0.717) is 6.42 Å². The van der Waals surface area contributed by atoms with Gasteiger partial charge in [0, 0.05) is 19.4 Å². The summed E-state index contributed by atoms with van der Waals surface area (Å²) in [5.74, 6) is -0.827. The molecule has 0 heterocycles. The van der Waals surface area contributed by atoms with Crippen LogP contribution in [0.4, 0.5) is 0 Å². The van der Waals surface area contributed by atoms with Gasteiger partial charge in [0.2, 0.25) is 0 Å². The van der Waals surface area contributed by atoms with Gasteiger partial charge in [0.25, 0.3) is 0 Å². The Morgan fingerprint density at radius 2 is 0.584 bits per heavy atom. The van der Waals surface area contributed by atoms with E-state index in [4.69, 9.17) is 24.3 Å². The van der Waals surface area contributed by atoms with Gasteiger partial charge in [-0.2, -0.15) is 0 Å². The number of phosphoric acid groups is 1. The second kappa shape index (κ2) is 72.9. The molecule has 0 amide bonds. The molecule has 0 aromatic carbocycles. The Hall–Kier alpha value is -4.11. The van der Waals surface area contributed by atoms with E-state index in [9.17, 15) is 19.0 Å². The van der Waals surface area contributed by atoms with E-state index < -0.39 is 26.5 Å². The molecule has 0 aromatic heterocycles. The number of ether oxygens (including phenoxy) is 2. The molecule has 0 rings (SSSR count). The third-order valence-electron chi connectivity index (χ3n) is 15.2. The minimum Gasteiger partial charge on any atom is -0.462 e. The Balaban J connectivity index is 3.86. The van der Waals surface area contributed by atoms with Gasteiger partial charge in [-0.1, -0.05) is 327 Å². The number of unbranched alkanes of at least 4 members (excludes halogenated alkanes) is 30. The van der Waals surface area contributed by atoms with E-state index in [0.717, 1.165) is 122 Å². The summed E-state index contributed by atoms with van der Waals surface area (Å²) in [6, 6.07) is 0. The van der Waals surface area contributed by atoms with Crippen LogP contribution < -0.4 is 5.73 Å². The van der Waals surface area contributed by atoms with Gasteiger partial charge in [0.05, 0.1) is 13.2 Å². The van der Waals surface area contributed by atoms with Crippen LogP contribution in [0.15, 0.2) is 146 Å². The number of carbonyl (C=O) groups is 2. The Morgan fingerprint density at radius 1 is 0.337 bits per heavy atom. The number of hydrogen-bond acceptors (Lipinski definition) is 8. The van der Waals surface area contributed by atoms with Crippen LogP contribution in [0.1, 0.15) is 309 Å². The summed E-state index contributed by atoms with van der Waals surface area (Å²) in [6.07, 6.45) is 105. The van der Waals surface area contributed by atoms with E-state index in [1.54, 1.807) is 0 Å². The number of esters is 2. The third-order valence-corrected chi connectivity index (χ3v) is 16.2. The fraction of sp³-hybridized carbons (Fsp3) is 0.671. The van der Waals surface area contributed by atoms with Crippen molar-refractivity contribution < 1.29 is 37.6 Å². The molecule has 0 bridgehead atoms. The first-order chi connectivity index (χ1) is 43.8. The van der Waals surface area contributed by atoms with Gasteiger partial charge in [-0.05, 0) is 116 Å². The highest BCUT2D eigenvalue weighted by molar-refractivity contribution is 7.47. The number of phosphoric ester groups is 1. The molecule has 0 fully saturated rings. The van der Waals surface area contributed by atoms with Crippen LogP contribution in [0.5, 0.6) is 0 Å². The van der Waals surface area contributed by atoms with Crippen molar-refractivity contribution in [1.29, 1.82) is 0 Å². The van der Waals surface area contributed by atoms with Gasteiger partial charge in [-0.3, -0.25) is 18.6 Å². The van der Waals surface area contributed by atoms with E-state index in [-0.39, 0.29) is 38.6 Å². The summed E-state index contributed by atoms with van der Waals surface area (Å²) in [6.45, 7) is 3.53. The number of rotatable bonds is 67. The molecule has 0 aliphatic rings. The minimum absolute atomic E-state index is 0.0487. The summed E-state index contributed by atoms with van der Waals surface area (Å²) in [5, 5.41) is 0. The first-order valence-electron chi connectivity index (χ1n) is 36.3. The highest BCUT2D eigenvalue weighted by Gasteiger charge is 2.26. The van der Waals surface area contributed by atoms with Gasteiger partial charge in [-0.15, -0.1) is 0 Å². The molecule has 2 unspecified atom stereocenters. The highest BCUT2D eigenvalue weighted by Crippen LogP contribution is 2.43. The summed E-state index contributed by atoms with van der Waals surface area (Å²) >= 11 is 0. The van der Waals surface area contributed by atoms with Gasteiger partial charge in [0.15, 0.2) is 6.10 Å². The van der Waals surface area contributed by atoms with Crippen LogP contribution in [0.2, 0.25) is 0 Å². The lowest BCUT2D eigenvalue weighted by Crippen LogP contribution is -2.29. The van der Waals surface area contributed by atoms with Crippen LogP contribution in [-0.4, -0.2) is 49.3 Å². The maximum atomic E-state index is 12.8. The van der Waals surface area contributed by atoms with Crippen LogP contribution >= 0.6 is 7.82 Å². The topological polar surface area (TPSA) is 134 Å². The van der Waals surface area contributed by atoms with Gasteiger partial charge in [0.1, 0.15) is 6.61 Å². The van der Waals surface area contributed by atoms with E-state index in [1.165, 1.54) is 154 Å². The van der Waals surface area contributed by atoms with Crippen LogP contribution in [-0.2, 0) is 32.7 Å². The highest BCUT2D eigenvalue weighted by atomic mass is 31.2. The summed E-state index contributed by atoms with van der Waals surface area (Å²) < 4.78 is 33.2. The predicted molar refractivity (Wildman–Crippen MR) is 385 cm³/mol. The maximum absolute atomic E-state index is 12.8. The van der Waals surface area contributed by atoms with Crippen LogP contribution in [0.25, 0.3) is 0 Å². The fourth-order valence-corrected chi connectivity index (χ4v) is 10.7. The van der Waals surface area contributed by atoms with Crippen molar-refractivity contribution in [3.05, 3.63) is 146 Å². The normalized spacial score (nSPS) is 13.8. The number of nitrogens with two attached hydrogens (primary N) is 1. The van der Waals surface area contributed by atoms with Crippen LogP contribution in [0.3, 0.4) is 0 Å². The Kier molecular flexibility index (Phi) is 69.6. The van der Waals surface area contributed by atoms with Crippen molar-refractivity contribution in [3.63, 3.8) is 0 Å². The quantitative estimate of drug-likeness (QED) is 0.0264. The number of allylic oxidation sites excluding steroid dienone is 24. The molecule has 0 aromatic rings. The van der Waals surface area contributed by atoms with E-state index >= 15 is 0 Å². The SMILES string of the molecule is CC/C=C\C/C=C\C/C=C\C/C=C\C/C=C\C/C=C\C/C=C\CCCCCCCCCCCCCCCCCCCCCC(=O)OC(COC(=O)CCCCCCCCCCCCC/C=C\C/C=C\C/C=C\C/C=C\C/C=C\CC)COP(=O)(O)OCCN. The van der Waals surface area contributed by atoms with E-state index in [2.05, 4.69) is 160 Å². The van der Waals surface area contributed by atoms with Crippen molar-refractivity contribution in [2.24, 2.45) is 5.73 Å². The Labute approximate surface area is 547 Å². The molecule has 0 saturated carbocycles. The molecule has 10 heteroatoms. The minimum atomic E-state index is -4.40. The molecule has 508 valence electrons. The predicted octanol–water partition coefficient (Wildman–Crippen LogP) is 24.2. The molecule has 9 nitrogen and oxygen atoms in total. The maximum Gasteiger partial charge on any atom is 0.472 e. The first kappa shape index (κ1) is 84.9. The zero-order valence-electron chi connectivity index (χ0n) is 57.1. The standard InChI is InChI=1S/C79H134NO8P/c1-3-5-7-9-11-13-15-17-19-21-23-25-27-29-31-32-33-34-35-36-37-38-39-40-41-42-43-44-46-48-50-52-54-56-58-60-62-64-66-68-70-72-79(82)88-77(76-87-89(83,84)86-74-73-80)75-85-78(81)71-69-67-65-63-61-59-57-55-53-51-49-47-45-30-28-26-24-22-20-18-16-14-12-10-8-6-4-2/h5-8,11-14,17-20,23-26,29-31,33-34,36-37,45,77H,3-4,9-10,15-16,21-22,27-28,32,35,38-44,46-76,80H2,1-2H3,(H,83,84)/b7-5-,8-6-,13-11-,14-12-,19-17-,20-18-,25-23-,26-24-,31-29-,34-33-,37-36-,45-30-. The summed E-state index contributed by atoms with van der Waals surface area (Å²) in [4.78, 5) is 35.4. The molecule has 3 N–H and O–H groups in total. The lowest BCUT2D eigenvalue weighted by molar-refractivity contribution is -0.161. The lowest BCUT2D eigenvalue weighted by atomic mass is 10.0. The Bertz CT molecular complexity index is 1970. The fourth-order valence-electron chi connectivity index (χ4n) is 9.94. The van der Waals surface area contributed by atoms with Crippen molar-refractivity contribution >= 4 is 19.8 Å². The average Bonchev–Trinajstić information content (AvgIpc) is 3.58. The molecule has 0 aliphatic heterocycles. The largest absolute Gasteiger partial charge is 0.472 e. The summed E-state index contributed by atoms with van der Waals surface area (Å²) in [7, 11) is -4.40. The lowest BCUT2D eigenvalue weighted by Gasteiger charge is -2.19. The molecule has 2 atom stereocenters. The van der Waals surface area contributed by atoms with Gasteiger partial charge < -0.3 is 20.1 Å². The third kappa shape index (κ3) is 72.8. The molecule has 0 saturated heterocycles. The van der Waals surface area contributed by atoms with Gasteiger partial charge >= 0.3 is 19.8 Å². The van der Waals surface area contributed by atoms with Crippen molar-refractivity contribution in [2.75, 3.05) is 26.4 Å². The number of carbonyl (C=O) groups excluding carboxylic acids is 2. The molecule has 89 heavy (non-hydrogen) atoms. The second-order valence-electron chi connectivity index (χ2n) is 23.7. The van der Waals surface area contributed by atoms with Crippen LogP contribution in [0, 0.1) is 0 Å². The van der Waals surface area contributed by atoms with Crippen molar-refractivity contribution in [2.45, 2.75) is 315 Å². The van der Waals surface area contributed by atoms with Crippen molar-refractivity contribution in [1.82, 2.24) is 0 Å². The molecule has 0 spiro atoms. The molecule has 0 radical (unpaired) electrons. The first-order valence-corrected chi connectivity index (χ1v) is 37.8. The average molecular weight is 1260 g/mol. The monoisotopic (exact) mass is 1260 g/mol. The van der Waals surface area contributed by atoms with E-state index in [1.807, 2.05) is 0 Å². The zero-order valence-corrected chi connectivity index (χ0v) is 58.0. The molecular formula is C79H134NO8P. The summed E-state index contributed by atoms with van der Waals surface area (Å²) in [5.41, 5.74) is 5.41. The van der Waals surface area contributed by atoms with Gasteiger partial charge in [-0.25, -0.2) is 4.57 Å². The Morgan fingerprint density at radius 3 is 0.865 bits per heavy atom. The molecule has 0 aliphatic carbocycles.